The molecule has 0 aliphatic carbocycles. The standard InChI is InChI=1S/C13H17IN2O3S/c1-13(6-7-20(18,19)9-13)16-12(17)8-15-11-5-3-2-4-10(11)14/h2-5,15H,6-9H2,1H3,(H,16,17). The topological polar surface area (TPSA) is 75.3 Å². The molecule has 20 heavy (non-hydrogen) atoms. The van der Waals surface area contributed by atoms with Gasteiger partial charge in [0.2, 0.25) is 5.91 Å². The number of halogens is 1. The van der Waals surface area contributed by atoms with Crippen LogP contribution in [0, 0.1) is 3.57 Å². The van der Waals surface area contributed by atoms with Crippen LogP contribution in [-0.2, 0) is 14.6 Å². The summed E-state index contributed by atoms with van der Waals surface area (Å²) in [6, 6.07) is 7.67. The number of anilines is 1. The van der Waals surface area contributed by atoms with Crippen molar-refractivity contribution in [2.75, 3.05) is 23.4 Å². The van der Waals surface area contributed by atoms with Crippen molar-refractivity contribution < 1.29 is 13.2 Å². The molecule has 1 amide bonds. The van der Waals surface area contributed by atoms with Gasteiger partial charge in [0.05, 0.1) is 23.6 Å². The van der Waals surface area contributed by atoms with E-state index >= 15 is 0 Å². The molecule has 0 aromatic heterocycles. The molecule has 7 heteroatoms. The van der Waals surface area contributed by atoms with E-state index in [1.165, 1.54) is 0 Å². The van der Waals surface area contributed by atoms with Crippen molar-refractivity contribution in [2.24, 2.45) is 0 Å². The zero-order valence-electron chi connectivity index (χ0n) is 11.1. The first-order valence-corrected chi connectivity index (χ1v) is 9.20. The smallest absolute Gasteiger partial charge is 0.239 e. The van der Waals surface area contributed by atoms with Crippen molar-refractivity contribution in [1.82, 2.24) is 5.32 Å². The monoisotopic (exact) mass is 408 g/mol. The van der Waals surface area contributed by atoms with Gasteiger partial charge < -0.3 is 10.6 Å². The first-order valence-electron chi connectivity index (χ1n) is 6.30. The van der Waals surface area contributed by atoms with Crippen molar-refractivity contribution in [3.05, 3.63) is 27.8 Å². The number of sulfone groups is 1. The first kappa shape index (κ1) is 15.6. The summed E-state index contributed by atoms with van der Waals surface area (Å²) < 4.78 is 24.0. The Bertz CT molecular complexity index is 618. The quantitative estimate of drug-likeness (QED) is 0.739. The number of hydrogen-bond donors (Lipinski definition) is 2. The van der Waals surface area contributed by atoms with E-state index in [4.69, 9.17) is 0 Å². The molecule has 0 saturated carbocycles. The van der Waals surface area contributed by atoms with E-state index in [2.05, 4.69) is 33.2 Å². The minimum atomic E-state index is -3.01. The number of benzene rings is 1. The molecule has 1 aromatic carbocycles. The summed E-state index contributed by atoms with van der Waals surface area (Å²) >= 11 is 2.19. The number of carbonyl (C=O) groups excluding carboxylic acids is 1. The highest BCUT2D eigenvalue weighted by molar-refractivity contribution is 14.1. The maximum Gasteiger partial charge on any atom is 0.239 e. The van der Waals surface area contributed by atoms with E-state index in [9.17, 15) is 13.2 Å². The van der Waals surface area contributed by atoms with E-state index in [-0.39, 0.29) is 24.0 Å². The fourth-order valence-corrected chi connectivity index (χ4v) is 4.94. The fourth-order valence-electron chi connectivity index (χ4n) is 2.27. The Hall–Kier alpha value is -0.830. The summed E-state index contributed by atoms with van der Waals surface area (Å²) in [5, 5.41) is 5.87. The largest absolute Gasteiger partial charge is 0.375 e. The second kappa shape index (κ2) is 5.88. The van der Waals surface area contributed by atoms with Gasteiger partial charge in [0.15, 0.2) is 9.84 Å². The number of para-hydroxylation sites is 1. The molecular weight excluding hydrogens is 391 g/mol. The van der Waals surface area contributed by atoms with E-state index in [0.717, 1.165) is 9.26 Å². The Kier molecular flexibility index (Phi) is 4.58. The van der Waals surface area contributed by atoms with Gasteiger partial charge in [-0.2, -0.15) is 0 Å². The van der Waals surface area contributed by atoms with Crippen LogP contribution in [0.3, 0.4) is 0 Å². The van der Waals surface area contributed by atoms with Gasteiger partial charge >= 0.3 is 0 Å². The number of rotatable bonds is 4. The highest BCUT2D eigenvalue weighted by Crippen LogP contribution is 2.22. The zero-order chi connectivity index (χ0) is 14.8. The van der Waals surface area contributed by atoms with Crippen LogP contribution in [0.1, 0.15) is 13.3 Å². The molecule has 2 N–H and O–H groups in total. The molecule has 1 fully saturated rings. The van der Waals surface area contributed by atoms with Crippen molar-refractivity contribution >= 4 is 44.0 Å². The van der Waals surface area contributed by atoms with Gasteiger partial charge in [0.25, 0.3) is 0 Å². The molecule has 5 nitrogen and oxygen atoms in total. The Morgan fingerprint density at radius 3 is 2.70 bits per heavy atom. The van der Waals surface area contributed by atoms with Crippen LogP contribution in [0.2, 0.25) is 0 Å². The Morgan fingerprint density at radius 2 is 2.10 bits per heavy atom. The van der Waals surface area contributed by atoms with Crippen molar-refractivity contribution in [3.8, 4) is 0 Å². The third kappa shape index (κ3) is 4.08. The highest BCUT2D eigenvalue weighted by atomic mass is 127. The number of carbonyl (C=O) groups is 1. The summed E-state index contributed by atoms with van der Waals surface area (Å²) in [6.07, 6.45) is 0.476. The molecule has 1 aliphatic rings. The molecule has 1 unspecified atom stereocenters. The van der Waals surface area contributed by atoms with Crippen molar-refractivity contribution in [1.29, 1.82) is 0 Å². The summed E-state index contributed by atoms with van der Waals surface area (Å²) in [7, 11) is -3.01. The Balaban J connectivity index is 1.89. The minimum Gasteiger partial charge on any atom is -0.375 e. The van der Waals surface area contributed by atoms with Gasteiger partial charge in [-0.05, 0) is 48.1 Å². The lowest BCUT2D eigenvalue weighted by atomic mass is 10.0. The van der Waals surface area contributed by atoms with Crippen LogP contribution in [0.15, 0.2) is 24.3 Å². The molecule has 1 aliphatic heterocycles. The van der Waals surface area contributed by atoms with Crippen LogP contribution in [0.4, 0.5) is 5.69 Å². The maximum absolute atomic E-state index is 11.9. The van der Waals surface area contributed by atoms with Crippen LogP contribution in [-0.4, -0.2) is 37.9 Å². The molecule has 0 spiro atoms. The average molecular weight is 408 g/mol. The van der Waals surface area contributed by atoms with Gasteiger partial charge in [-0.3, -0.25) is 4.79 Å². The number of amides is 1. The number of nitrogens with one attached hydrogen (secondary N) is 2. The molecule has 1 saturated heterocycles. The van der Waals surface area contributed by atoms with Crippen molar-refractivity contribution in [3.63, 3.8) is 0 Å². The third-order valence-corrected chi connectivity index (χ3v) is 6.10. The minimum absolute atomic E-state index is 0.0224. The zero-order valence-corrected chi connectivity index (χ0v) is 14.1. The van der Waals surface area contributed by atoms with Gasteiger partial charge in [0.1, 0.15) is 0 Å². The summed E-state index contributed by atoms with van der Waals surface area (Å²) in [6.45, 7) is 1.91. The number of hydrogen-bond acceptors (Lipinski definition) is 4. The molecule has 1 heterocycles. The summed E-state index contributed by atoms with van der Waals surface area (Å²) in [4.78, 5) is 11.9. The summed E-state index contributed by atoms with van der Waals surface area (Å²) in [5.41, 5.74) is 0.258. The molecule has 2 rings (SSSR count). The lowest BCUT2D eigenvalue weighted by molar-refractivity contribution is -0.120. The predicted octanol–water partition coefficient (Wildman–Crippen LogP) is 1.40. The third-order valence-electron chi connectivity index (χ3n) is 3.26. The molecule has 0 radical (unpaired) electrons. The average Bonchev–Trinajstić information content (AvgIpc) is 2.62. The second-order valence-corrected chi connectivity index (χ2v) is 8.63. The van der Waals surface area contributed by atoms with Crippen LogP contribution < -0.4 is 10.6 Å². The van der Waals surface area contributed by atoms with Gasteiger partial charge in [-0.15, -0.1) is 0 Å². The molecular formula is C13H17IN2O3S. The van der Waals surface area contributed by atoms with Crippen LogP contribution in [0.25, 0.3) is 0 Å². The highest BCUT2D eigenvalue weighted by Gasteiger charge is 2.39. The van der Waals surface area contributed by atoms with Crippen LogP contribution >= 0.6 is 22.6 Å². The van der Waals surface area contributed by atoms with Crippen molar-refractivity contribution in [2.45, 2.75) is 18.9 Å². The Labute approximate surface area is 132 Å². The van der Waals surface area contributed by atoms with Gasteiger partial charge in [-0.1, -0.05) is 12.1 Å². The van der Waals surface area contributed by atoms with E-state index in [1.54, 1.807) is 6.92 Å². The SMILES string of the molecule is CC1(NC(=O)CNc2ccccc2I)CCS(=O)(=O)C1. The predicted molar refractivity (Wildman–Crippen MR) is 87.5 cm³/mol. The maximum atomic E-state index is 11.9. The Morgan fingerprint density at radius 1 is 1.40 bits per heavy atom. The van der Waals surface area contributed by atoms with Gasteiger partial charge in [0, 0.05) is 9.26 Å². The molecule has 1 aromatic rings. The lowest BCUT2D eigenvalue weighted by Crippen LogP contribution is -2.48. The fraction of sp³-hybridized carbons (Fsp3) is 0.462. The lowest BCUT2D eigenvalue weighted by Gasteiger charge is -2.24. The van der Waals surface area contributed by atoms with E-state index in [0.29, 0.717) is 6.42 Å². The molecule has 0 bridgehead atoms. The summed E-state index contributed by atoms with van der Waals surface area (Å²) in [5.74, 6) is -0.0215. The normalized spacial score (nSPS) is 24.3. The van der Waals surface area contributed by atoms with E-state index in [1.807, 2.05) is 24.3 Å². The van der Waals surface area contributed by atoms with Crippen LogP contribution in [0.5, 0.6) is 0 Å². The molecule has 110 valence electrons. The van der Waals surface area contributed by atoms with Gasteiger partial charge in [-0.25, -0.2) is 8.42 Å². The second-order valence-electron chi connectivity index (χ2n) is 5.28. The molecule has 1 atom stereocenters. The first-order chi connectivity index (χ1) is 9.30. The van der Waals surface area contributed by atoms with E-state index < -0.39 is 15.4 Å².